The number of rotatable bonds is 5. The van der Waals surface area contributed by atoms with Crippen molar-refractivity contribution in [1.29, 1.82) is 0 Å². The van der Waals surface area contributed by atoms with Gasteiger partial charge in [0.05, 0.1) is 12.2 Å². The molecule has 1 aliphatic rings. The molecule has 0 fully saturated rings. The minimum Gasteiger partial charge on any atom is -0.478 e. The Hall–Kier alpha value is -4.12. The minimum absolute atomic E-state index is 0.0367. The van der Waals surface area contributed by atoms with E-state index in [1.54, 1.807) is 6.08 Å². The second-order valence-electron chi connectivity index (χ2n) is 11.3. The molecule has 0 aliphatic carbocycles. The first-order valence-electron chi connectivity index (χ1n) is 13.1. The van der Waals surface area contributed by atoms with Crippen molar-refractivity contribution in [3.8, 4) is 11.1 Å². The fraction of sp³-hybridized carbons (Fsp3) is 0.273. The first-order valence-corrected chi connectivity index (χ1v) is 13.1. The van der Waals surface area contributed by atoms with Crippen LogP contribution >= 0.6 is 0 Å². The number of benzene rings is 3. The van der Waals surface area contributed by atoms with Gasteiger partial charge in [-0.25, -0.2) is 4.79 Å². The van der Waals surface area contributed by atoms with Crippen molar-refractivity contribution in [3.05, 3.63) is 113 Å². The monoisotopic (exact) mass is 505 g/mol. The van der Waals surface area contributed by atoms with E-state index >= 15 is 0 Å². The van der Waals surface area contributed by atoms with E-state index in [4.69, 9.17) is 5.11 Å². The molecule has 1 N–H and O–H groups in total. The highest BCUT2D eigenvalue weighted by Gasteiger charge is 2.34. The summed E-state index contributed by atoms with van der Waals surface area (Å²) >= 11 is 0. The minimum atomic E-state index is -0.946. The van der Waals surface area contributed by atoms with Gasteiger partial charge in [-0.1, -0.05) is 75.4 Å². The predicted octanol–water partition coefficient (Wildman–Crippen LogP) is 7.02. The lowest BCUT2D eigenvalue weighted by Crippen LogP contribution is -2.43. The molecule has 4 aromatic rings. The fourth-order valence-corrected chi connectivity index (χ4v) is 5.45. The van der Waals surface area contributed by atoms with Gasteiger partial charge in [0.15, 0.2) is 0 Å². The molecule has 1 aromatic heterocycles. The van der Waals surface area contributed by atoms with Gasteiger partial charge in [0.1, 0.15) is 0 Å². The zero-order chi connectivity index (χ0) is 27.0. The summed E-state index contributed by atoms with van der Waals surface area (Å²) in [4.78, 5) is 13.5. The molecular weight excluding hydrogens is 470 g/mol. The molecule has 2 unspecified atom stereocenters. The van der Waals surface area contributed by atoms with Crippen LogP contribution in [0.2, 0.25) is 0 Å². The third kappa shape index (κ3) is 5.14. The van der Waals surface area contributed by atoms with Crippen molar-refractivity contribution in [2.75, 3.05) is 4.90 Å². The van der Waals surface area contributed by atoms with Crippen LogP contribution in [0, 0.1) is 0 Å². The highest BCUT2D eigenvalue weighted by molar-refractivity contribution is 5.85. The van der Waals surface area contributed by atoms with Gasteiger partial charge in [-0.2, -0.15) is 5.10 Å². The van der Waals surface area contributed by atoms with Gasteiger partial charge in [-0.05, 0) is 70.3 Å². The molecule has 5 rings (SSSR count). The van der Waals surface area contributed by atoms with Crippen LogP contribution in [0.5, 0.6) is 0 Å². The van der Waals surface area contributed by atoms with Crippen molar-refractivity contribution in [2.45, 2.75) is 51.6 Å². The van der Waals surface area contributed by atoms with Gasteiger partial charge in [0.2, 0.25) is 0 Å². The molecular formula is C33H35N3O2. The van der Waals surface area contributed by atoms with Crippen LogP contribution in [0.1, 0.15) is 61.6 Å². The summed E-state index contributed by atoms with van der Waals surface area (Å²) in [6.45, 7) is 9.02. The second kappa shape index (κ2) is 9.97. The Kier molecular flexibility index (Phi) is 6.70. The average molecular weight is 506 g/mol. The van der Waals surface area contributed by atoms with Gasteiger partial charge in [-0.3, -0.25) is 4.68 Å². The number of aromatic nitrogens is 2. The number of carboxylic acids is 1. The van der Waals surface area contributed by atoms with E-state index < -0.39 is 5.97 Å². The standard InChI is InChI=1S/C33H35N3O2/c1-22-18-26-19-25(27-20-34-35(5)21-27)11-16-30(26)32(24-9-6-23(7-10-24)8-17-31(37)38)36(22)29-14-12-28(13-15-29)33(2,3)4/h6-17,19-22,32H,18H2,1-5H3,(H,37,38)/b17-8+. The Balaban J connectivity index is 1.60. The number of carbonyl (C=O) groups is 1. The number of hydrogen-bond acceptors (Lipinski definition) is 3. The molecule has 194 valence electrons. The van der Waals surface area contributed by atoms with Crippen LogP contribution in [0.25, 0.3) is 17.2 Å². The van der Waals surface area contributed by atoms with Gasteiger partial charge in [0.25, 0.3) is 0 Å². The normalized spacial score (nSPS) is 17.6. The highest BCUT2D eigenvalue weighted by atomic mass is 16.4. The van der Waals surface area contributed by atoms with E-state index in [0.717, 1.165) is 17.5 Å². The van der Waals surface area contributed by atoms with E-state index in [-0.39, 0.29) is 17.5 Å². The van der Waals surface area contributed by atoms with Crippen molar-refractivity contribution >= 4 is 17.7 Å². The van der Waals surface area contributed by atoms with Gasteiger partial charge >= 0.3 is 5.97 Å². The molecule has 0 saturated carbocycles. The molecule has 5 nitrogen and oxygen atoms in total. The number of hydrogen-bond donors (Lipinski definition) is 1. The maximum atomic E-state index is 11.0. The number of nitrogens with zero attached hydrogens (tertiary/aromatic N) is 3. The first kappa shape index (κ1) is 25.5. The molecule has 1 aliphatic heterocycles. The van der Waals surface area contributed by atoms with Crippen LogP contribution in [-0.2, 0) is 23.7 Å². The Labute approximate surface area is 225 Å². The number of fused-ring (bicyclic) bond motifs is 1. The number of carboxylic acid groups (broad SMARTS) is 1. The van der Waals surface area contributed by atoms with Crippen molar-refractivity contribution < 1.29 is 9.90 Å². The molecule has 0 spiro atoms. The van der Waals surface area contributed by atoms with Gasteiger partial charge in [-0.15, -0.1) is 0 Å². The summed E-state index contributed by atoms with van der Waals surface area (Å²) in [5.74, 6) is -0.946. The second-order valence-corrected chi connectivity index (χ2v) is 11.3. The first-order chi connectivity index (χ1) is 18.1. The lowest BCUT2D eigenvalue weighted by molar-refractivity contribution is -0.131. The molecule has 0 amide bonds. The smallest absolute Gasteiger partial charge is 0.328 e. The molecule has 0 bridgehead atoms. The van der Waals surface area contributed by atoms with E-state index in [1.165, 1.54) is 39.6 Å². The Bertz CT molecular complexity index is 1470. The largest absolute Gasteiger partial charge is 0.478 e. The summed E-state index contributed by atoms with van der Waals surface area (Å²) in [5.41, 5.74) is 9.61. The zero-order valence-electron chi connectivity index (χ0n) is 22.7. The Morgan fingerprint density at radius 1 is 1.00 bits per heavy atom. The Morgan fingerprint density at radius 3 is 2.32 bits per heavy atom. The van der Waals surface area contributed by atoms with Crippen LogP contribution < -0.4 is 4.90 Å². The van der Waals surface area contributed by atoms with Crippen molar-refractivity contribution in [3.63, 3.8) is 0 Å². The van der Waals surface area contributed by atoms with Crippen molar-refractivity contribution in [2.24, 2.45) is 7.05 Å². The molecule has 2 atom stereocenters. The molecule has 2 heterocycles. The van der Waals surface area contributed by atoms with Gasteiger partial charge < -0.3 is 10.0 Å². The summed E-state index contributed by atoms with van der Waals surface area (Å²) in [6.07, 6.45) is 7.72. The van der Waals surface area contributed by atoms with E-state index in [1.807, 2.05) is 30.1 Å². The predicted molar refractivity (Wildman–Crippen MR) is 154 cm³/mol. The van der Waals surface area contributed by atoms with Gasteiger partial charge in [0, 0.05) is 36.6 Å². The third-order valence-corrected chi connectivity index (χ3v) is 7.45. The van der Waals surface area contributed by atoms with Crippen LogP contribution in [-0.4, -0.2) is 26.9 Å². The van der Waals surface area contributed by atoms with Crippen LogP contribution in [0.3, 0.4) is 0 Å². The lowest BCUT2D eigenvalue weighted by Gasteiger charge is -2.44. The zero-order valence-corrected chi connectivity index (χ0v) is 22.7. The van der Waals surface area contributed by atoms with E-state index in [0.29, 0.717) is 0 Å². The quantitative estimate of drug-likeness (QED) is 0.296. The van der Waals surface area contributed by atoms with Crippen molar-refractivity contribution in [1.82, 2.24) is 9.78 Å². The third-order valence-electron chi connectivity index (χ3n) is 7.45. The number of anilines is 1. The summed E-state index contributed by atoms with van der Waals surface area (Å²) in [5, 5.41) is 13.4. The molecule has 38 heavy (non-hydrogen) atoms. The van der Waals surface area contributed by atoms with E-state index in [2.05, 4.69) is 98.5 Å². The number of aryl methyl sites for hydroxylation is 1. The number of aliphatic carboxylic acids is 1. The lowest BCUT2D eigenvalue weighted by atomic mass is 9.82. The van der Waals surface area contributed by atoms with Crippen LogP contribution in [0.4, 0.5) is 5.69 Å². The average Bonchev–Trinajstić information content (AvgIpc) is 3.32. The SMILES string of the molecule is CC1Cc2cc(-c3cnn(C)c3)ccc2C(c2ccc(/C=C/C(=O)O)cc2)N1c1ccc(C(C)(C)C)cc1. The maximum absolute atomic E-state index is 11.0. The van der Waals surface area contributed by atoms with Crippen LogP contribution in [0.15, 0.2) is 85.2 Å². The molecule has 0 radical (unpaired) electrons. The Morgan fingerprint density at radius 2 is 1.71 bits per heavy atom. The highest BCUT2D eigenvalue weighted by Crippen LogP contribution is 2.42. The summed E-state index contributed by atoms with van der Waals surface area (Å²) < 4.78 is 1.84. The van der Waals surface area contributed by atoms with E-state index in [9.17, 15) is 4.79 Å². The summed E-state index contributed by atoms with van der Waals surface area (Å²) in [7, 11) is 1.94. The topological polar surface area (TPSA) is 58.4 Å². The molecule has 0 saturated heterocycles. The summed E-state index contributed by atoms with van der Waals surface area (Å²) in [6, 6.07) is 24.4. The fourth-order valence-electron chi connectivity index (χ4n) is 5.45. The maximum Gasteiger partial charge on any atom is 0.328 e. The molecule has 5 heteroatoms. The molecule has 3 aromatic carbocycles.